The predicted molar refractivity (Wildman–Crippen MR) is 85.2 cm³/mol. The van der Waals surface area contributed by atoms with Gasteiger partial charge in [0.1, 0.15) is 0 Å². The molecule has 0 aliphatic rings. The second-order valence-electron chi connectivity index (χ2n) is 4.87. The Morgan fingerprint density at radius 3 is 2.48 bits per heavy atom. The molecule has 1 aromatic heterocycles. The maximum atomic E-state index is 12.7. The molecule has 0 aliphatic heterocycles. The molecule has 0 amide bonds. The van der Waals surface area contributed by atoms with Crippen LogP contribution in [0.1, 0.15) is 11.1 Å². The summed E-state index contributed by atoms with van der Waals surface area (Å²) in [6, 6.07) is 14.7. The third kappa shape index (κ3) is 2.69. The minimum absolute atomic E-state index is 0.0165. The van der Waals surface area contributed by atoms with Gasteiger partial charge in [0.15, 0.2) is 9.84 Å². The second-order valence-corrected chi connectivity index (χ2v) is 7.10. The molecule has 1 heterocycles. The minimum atomic E-state index is -3.42. The van der Waals surface area contributed by atoms with Crippen LogP contribution in [0, 0.1) is 0 Å². The van der Waals surface area contributed by atoms with Gasteiger partial charge in [0.25, 0.3) is 0 Å². The molecular weight excluding hydrogens is 306 g/mol. The Balaban J connectivity index is 2.11. The third-order valence-corrected chi connectivity index (χ3v) is 5.43. The van der Waals surface area contributed by atoms with Crippen LogP contribution in [-0.2, 0) is 21.5 Å². The lowest BCUT2D eigenvalue weighted by Gasteiger charge is -2.05. The number of hydrogen-bond acceptors (Lipinski definition) is 2. The lowest BCUT2D eigenvalue weighted by atomic mass is 10.1. The van der Waals surface area contributed by atoms with Crippen molar-refractivity contribution in [1.29, 1.82) is 0 Å². The van der Waals surface area contributed by atoms with E-state index < -0.39 is 9.84 Å². The van der Waals surface area contributed by atoms with E-state index in [0.717, 1.165) is 16.6 Å². The molecule has 1 N–H and O–H groups in total. The first-order valence-corrected chi connectivity index (χ1v) is 8.72. The number of aromatic amines is 1. The molecule has 3 rings (SSSR count). The second kappa shape index (κ2) is 5.54. The Kier molecular flexibility index (Phi) is 3.74. The standard InChI is InChI=1S/C16H14ClNO2S/c17-9-13-7-4-8-14-16(13)15(10-18-14)21(19,20)11-12-5-2-1-3-6-12/h1-8,10,18H,9,11H2. The first-order valence-electron chi connectivity index (χ1n) is 6.53. The first kappa shape index (κ1) is 14.2. The van der Waals surface area contributed by atoms with Gasteiger partial charge in [-0.1, -0.05) is 42.5 Å². The lowest BCUT2D eigenvalue weighted by Crippen LogP contribution is -2.04. The van der Waals surface area contributed by atoms with Crippen molar-refractivity contribution in [3.63, 3.8) is 0 Å². The van der Waals surface area contributed by atoms with Crippen LogP contribution in [0.15, 0.2) is 59.6 Å². The molecule has 0 bridgehead atoms. The van der Waals surface area contributed by atoms with Gasteiger partial charge in [-0.2, -0.15) is 0 Å². The molecule has 0 radical (unpaired) electrons. The number of rotatable bonds is 4. The molecule has 0 spiro atoms. The molecule has 21 heavy (non-hydrogen) atoms. The van der Waals surface area contributed by atoms with Crippen LogP contribution < -0.4 is 0 Å². The van der Waals surface area contributed by atoms with E-state index in [1.807, 2.05) is 48.5 Å². The van der Waals surface area contributed by atoms with E-state index in [0.29, 0.717) is 10.3 Å². The third-order valence-electron chi connectivity index (χ3n) is 3.43. The molecule has 5 heteroatoms. The molecule has 0 unspecified atom stereocenters. The molecule has 0 saturated heterocycles. The Hall–Kier alpha value is -1.78. The summed E-state index contributed by atoms with van der Waals surface area (Å²) in [4.78, 5) is 3.33. The van der Waals surface area contributed by atoms with Crippen molar-refractivity contribution < 1.29 is 8.42 Å². The number of sulfone groups is 1. The summed E-state index contributed by atoms with van der Waals surface area (Å²) >= 11 is 5.94. The molecule has 2 aromatic carbocycles. The van der Waals surface area contributed by atoms with Gasteiger partial charge < -0.3 is 4.98 Å². The van der Waals surface area contributed by atoms with E-state index in [2.05, 4.69) is 4.98 Å². The number of fused-ring (bicyclic) bond motifs is 1. The fourth-order valence-corrected chi connectivity index (χ4v) is 4.25. The first-order chi connectivity index (χ1) is 10.1. The van der Waals surface area contributed by atoms with E-state index in [1.54, 1.807) is 6.20 Å². The Morgan fingerprint density at radius 2 is 1.76 bits per heavy atom. The average Bonchev–Trinajstić information content (AvgIpc) is 2.92. The highest BCUT2D eigenvalue weighted by atomic mass is 35.5. The number of benzene rings is 2. The number of halogens is 1. The van der Waals surface area contributed by atoms with Gasteiger partial charge >= 0.3 is 0 Å². The molecule has 108 valence electrons. The molecular formula is C16H14ClNO2S. The zero-order chi connectivity index (χ0) is 14.9. The van der Waals surface area contributed by atoms with Crippen molar-refractivity contribution in [2.75, 3.05) is 0 Å². The Labute approximate surface area is 128 Å². The summed E-state index contributed by atoms with van der Waals surface area (Å²) in [5.74, 6) is 0.264. The van der Waals surface area contributed by atoms with Crippen molar-refractivity contribution in [2.45, 2.75) is 16.5 Å². The molecule has 0 atom stereocenters. The number of aromatic nitrogens is 1. The summed E-state index contributed by atoms with van der Waals surface area (Å²) in [5.41, 5.74) is 2.39. The molecule has 0 aliphatic carbocycles. The fourth-order valence-electron chi connectivity index (χ4n) is 2.45. The number of alkyl halides is 1. The van der Waals surface area contributed by atoms with Gasteiger partial charge in [-0.25, -0.2) is 8.42 Å². The van der Waals surface area contributed by atoms with Gasteiger partial charge in [0, 0.05) is 23.0 Å². The van der Waals surface area contributed by atoms with E-state index in [1.165, 1.54) is 0 Å². The zero-order valence-electron chi connectivity index (χ0n) is 11.2. The van der Waals surface area contributed by atoms with E-state index in [9.17, 15) is 8.42 Å². The molecule has 3 aromatic rings. The minimum Gasteiger partial charge on any atom is -0.360 e. The van der Waals surface area contributed by atoms with Crippen LogP contribution in [0.2, 0.25) is 0 Å². The molecule has 0 fully saturated rings. The summed E-state index contributed by atoms with van der Waals surface area (Å²) in [6.07, 6.45) is 1.55. The quantitative estimate of drug-likeness (QED) is 0.742. The smallest absolute Gasteiger partial charge is 0.184 e. The van der Waals surface area contributed by atoms with Gasteiger partial charge in [-0.15, -0.1) is 11.6 Å². The summed E-state index contributed by atoms with van der Waals surface area (Å²) in [5, 5.41) is 0.698. The Morgan fingerprint density at radius 1 is 1.00 bits per heavy atom. The monoisotopic (exact) mass is 319 g/mol. The predicted octanol–water partition coefficient (Wildman–Crippen LogP) is 3.88. The van der Waals surface area contributed by atoms with Crippen molar-refractivity contribution in [1.82, 2.24) is 4.98 Å². The van der Waals surface area contributed by atoms with Crippen molar-refractivity contribution >= 4 is 32.3 Å². The highest BCUT2D eigenvalue weighted by molar-refractivity contribution is 7.90. The molecule has 0 saturated carbocycles. The highest BCUT2D eigenvalue weighted by Crippen LogP contribution is 2.29. The van der Waals surface area contributed by atoms with Crippen molar-refractivity contribution in [3.8, 4) is 0 Å². The largest absolute Gasteiger partial charge is 0.360 e. The number of nitrogens with one attached hydrogen (secondary N) is 1. The summed E-state index contributed by atoms with van der Waals surface area (Å²) in [6.45, 7) is 0. The lowest BCUT2D eigenvalue weighted by molar-refractivity contribution is 0.596. The van der Waals surface area contributed by atoms with Crippen LogP contribution in [-0.4, -0.2) is 13.4 Å². The van der Waals surface area contributed by atoms with Crippen LogP contribution >= 0.6 is 11.6 Å². The Bertz CT molecular complexity index is 870. The topological polar surface area (TPSA) is 49.9 Å². The van der Waals surface area contributed by atoms with Gasteiger partial charge in [0.05, 0.1) is 10.6 Å². The van der Waals surface area contributed by atoms with Crippen LogP contribution in [0.4, 0.5) is 0 Å². The maximum Gasteiger partial charge on any atom is 0.184 e. The average molecular weight is 320 g/mol. The van der Waals surface area contributed by atoms with E-state index >= 15 is 0 Å². The van der Waals surface area contributed by atoms with Crippen LogP contribution in [0.5, 0.6) is 0 Å². The van der Waals surface area contributed by atoms with Gasteiger partial charge in [-0.05, 0) is 17.2 Å². The van der Waals surface area contributed by atoms with Gasteiger partial charge in [0.2, 0.25) is 0 Å². The number of H-pyrrole nitrogens is 1. The summed E-state index contributed by atoms with van der Waals surface area (Å²) < 4.78 is 25.4. The SMILES string of the molecule is O=S(=O)(Cc1ccccc1)c1c[nH]c2cccc(CCl)c12. The molecule has 3 nitrogen and oxygen atoms in total. The van der Waals surface area contributed by atoms with Gasteiger partial charge in [-0.3, -0.25) is 0 Å². The maximum absolute atomic E-state index is 12.7. The van der Waals surface area contributed by atoms with Crippen molar-refractivity contribution in [2.24, 2.45) is 0 Å². The van der Waals surface area contributed by atoms with Crippen molar-refractivity contribution in [3.05, 3.63) is 65.9 Å². The summed E-state index contributed by atoms with van der Waals surface area (Å²) in [7, 11) is -3.42. The number of hydrogen-bond donors (Lipinski definition) is 1. The van der Waals surface area contributed by atoms with Crippen LogP contribution in [0.25, 0.3) is 10.9 Å². The normalized spacial score (nSPS) is 11.9. The van der Waals surface area contributed by atoms with E-state index in [-0.39, 0.29) is 11.6 Å². The highest BCUT2D eigenvalue weighted by Gasteiger charge is 2.21. The zero-order valence-corrected chi connectivity index (χ0v) is 12.8. The van der Waals surface area contributed by atoms with E-state index in [4.69, 9.17) is 11.6 Å². The fraction of sp³-hybridized carbons (Fsp3) is 0.125. The van der Waals surface area contributed by atoms with Crippen LogP contribution in [0.3, 0.4) is 0 Å².